The molecule has 0 unspecified atom stereocenters. The third-order valence-corrected chi connectivity index (χ3v) is 2.67. The summed E-state index contributed by atoms with van der Waals surface area (Å²) in [7, 11) is 0. The summed E-state index contributed by atoms with van der Waals surface area (Å²) in [4.78, 5) is 1.96. The van der Waals surface area contributed by atoms with Crippen molar-refractivity contribution in [3.05, 3.63) is 24.0 Å². The van der Waals surface area contributed by atoms with Crippen molar-refractivity contribution in [1.29, 1.82) is 0 Å². The van der Waals surface area contributed by atoms with Gasteiger partial charge < -0.3 is 20.7 Å². The molecule has 1 fully saturated rings. The molecule has 4 nitrogen and oxygen atoms in total. The Kier molecular flexibility index (Phi) is 3.75. The van der Waals surface area contributed by atoms with E-state index < -0.39 is 0 Å². The third-order valence-electron chi connectivity index (χ3n) is 2.57. The fourth-order valence-electron chi connectivity index (χ4n) is 1.79. The maximum absolute atomic E-state index is 13.9. The Morgan fingerprint density at radius 1 is 1.41 bits per heavy atom. The Morgan fingerprint density at radius 2 is 2.12 bits per heavy atom. The van der Waals surface area contributed by atoms with Crippen LogP contribution >= 0.6 is 12.2 Å². The van der Waals surface area contributed by atoms with Crippen LogP contribution in [0.2, 0.25) is 0 Å². The highest BCUT2D eigenvalue weighted by atomic mass is 32.1. The minimum absolute atomic E-state index is 0.128. The molecule has 1 aromatic rings. The van der Waals surface area contributed by atoms with Crippen LogP contribution in [0.3, 0.4) is 0 Å². The molecule has 2 rings (SSSR count). The second-order valence-corrected chi connectivity index (χ2v) is 4.19. The smallest absolute Gasteiger partial charge is 0.168 e. The molecular weight excluding hydrogens is 241 g/mol. The van der Waals surface area contributed by atoms with Gasteiger partial charge in [-0.15, -0.1) is 0 Å². The summed E-state index contributed by atoms with van der Waals surface area (Å²) in [6.45, 7) is 2.68. The van der Waals surface area contributed by atoms with E-state index in [1.807, 2.05) is 4.90 Å². The third kappa shape index (κ3) is 3.04. The summed E-state index contributed by atoms with van der Waals surface area (Å²) in [5.74, 6) is -0.284. The van der Waals surface area contributed by atoms with Gasteiger partial charge in [0.25, 0.3) is 0 Å². The van der Waals surface area contributed by atoms with Gasteiger partial charge in [0.15, 0.2) is 5.11 Å². The van der Waals surface area contributed by atoms with Gasteiger partial charge >= 0.3 is 0 Å². The summed E-state index contributed by atoms with van der Waals surface area (Å²) < 4.78 is 19.1. The number of nitrogens with zero attached hydrogens (tertiary/aromatic N) is 1. The molecular formula is C11H14FN3OS. The second-order valence-electron chi connectivity index (χ2n) is 3.75. The molecule has 0 spiro atoms. The number of ether oxygens (including phenoxy) is 1. The largest absolute Gasteiger partial charge is 0.378 e. The number of halogens is 1. The standard InChI is InChI=1S/C11H14FN3OS/c12-9-7-8(14-11(13)17)1-2-10(9)15-3-5-16-6-4-15/h1-2,7H,3-6H2,(H3,13,14,17). The first-order chi connectivity index (χ1) is 8.16. The predicted molar refractivity (Wildman–Crippen MR) is 69.8 cm³/mol. The van der Waals surface area contributed by atoms with Gasteiger partial charge in [-0.3, -0.25) is 0 Å². The molecule has 0 saturated carbocycles. The predicted octanol–water partition coefficient (Wildman–Crippen LogP) is 1.32. The SMILES string of the molecule is NC(=S)Nc1ccc(N2CCOCC2)c(F)c1. The zero-order valence-electron chi connectivity index (χ0n) is 9.28. The topological polar surface area (TPSA) is 50.5 Å². The number of nitrogens with two attached hydrogens (primary N) is 1. The number of anilines is 2. The monoisotopic (exact) mass is 255 g/mol. The first-order valence-corrected chi connectivity index (χ1v) is 5.76. The van der Waals surface area contributed by atoms with E-state index in [0.29, 0.717) is 37.7 Å². The van der Waals surface area contributed by atoms with Crippen molar-refractivity contribution < 1.29 is 9.13 Å². The summed E-state index contributed by atoms with van der Waals surface area (Å²) in [5, 5.41) is 2.83. The zero-order valence-corrected chi connectivity index (χ0v) is 10.1. The lowest BCUT2D eigenvalue weighted by molar-refractivity contribution is 0.122. The lowest BCUT2D eigenvalue weighted by Gasteiger charge is -2.29. The lowest BCUT2D eigenvalue weighted by Crippen LogP contribution is -2.36. The molecule has 1 heterocycles. The lowest BCUT2D eigenvalue weighted by atomic mass is 10.2. The Morgan fingerprint density at radius 3 is 2.71 bits per heavy atom. The van der Waals surface area contributed by atoms with Gasteiger partial charge in [0.2, 0.25) is 0 Å². The van der Waals surface area contributed by atoms with Crippen molar-refractivity contribution in [1.82, 2.24) is 0 Å². The average molecular weight is 255 g/mol. The second kappa shape index (κ2) is 5.29. The van der Waals surface area contributed by atoms with E-state index in [4.69, 9.17) is 22.7 Å². The zero-order chi connectivity index (χ0) is 12.3. The maximum Gasteiger partial charge on any atom is 0.168 e. The Labute approximate surface area is 105 Å². The van der Waals surface area contributed by atoms with Gasteiger partial charge in [-0.2, -0.15) is 0 Å². The van der Waals surface area contributed by atoms with E-state index in [2.05, 4.69) is 5.32 Å². The minimum Gasteiger partial charge on any atom is -0.378 e. The first kappa shape index (κ1) is 12.1. The molecule has 0 aromatic heterocycles. The van der Waals surface area contributed by atoms with Crippen LogP contribution in [0.1, 0.15) is 0 Å². The minimum atomic E-state index is -0.284. The van der Waals surface area contributed by atoms with Crippen molar-refractivity contribution in [2.24, 2.45) is 5.73 Å². The van der Waals surface area contributed by atoms with Crippen molar-refractivity contribution in [3.8, 4) is 0 Å². The van der Waals surface area contributed by atoms with Crippen LogP contribution in [0, 0.1) is 5.82 Å². The van der Waals surface area contributed by atoms with E-state index >= 15 is 0 Å². The Bertz CT molecular complexity index is 421. The van der Waals surface area contributed by atoms with E-state index in [0.717, 1.165) is 0 Å². The molecule has 0 aliphatic carbocycles. The number of nitrogens with one attached hydrogen (secondary N) is 1. The molecule has 1 aliphatic rings. The summed E-state index contributed by atoms with van der Waals surface area (Å²) >= 11 is 4.70. The highest BCUT2D eigenvalue weighted by molar-refractivity contribution is 7.80. The van der Waals surface area contributed by atoms with Crippen LogP contribution in [0.5, 0.6) is 0 Å². The molecule has 92 valence electrons. The van der Waals surface area contributed by atoms with E-state index in [9.17, 15) is 4.39 Å². The fourth-order valence-corrected chi connectivity index (χ4v) is 1.91. The number of morpholine rings is 1. The van der Waals surface area contributed by atoms with Crippen LogP contribution in [0.4, 0.5) is 15.8 Å². The highest BCUT2D eigenvalue weighted by Crippen LogP contribution is 2.23. The van der Waals surface area contributed by atoms with E-state index in [1.54, 1.807) is 12.1 Å². The van der Waals surface area contributed by atoms with Gasteiger partial charge in [0, 0.05) is 18.8 Å². The van der Waals surface area contributed by atoms with Crippen LogP contribution in [-0.4, -0.2) is 31.4 Å². The molecule has 0 bridgehead atoms. The van der Waals surface area contributed by atoms with Gasteiger partial charge in [-0.25, -0.2) is 4.39 Å². The van der Waals surface area contributed by atoms with Crippen LogP contribution in [-0.2, 0) is 4.74 Å². The molecule has 1 saturated heterocycles. The molecule has 0 amide bonds. The number of thiocarbonyl (C=S) groups is 1. The van der Waals surface area contributed by atoms with E-state index in [-0.39, 0.29) is 10.9 Å². The van der Waals surface area contributed by atoms with E-state index in [1.165, 1.54) is 6.07 Å². The molecule has 0 radical (unpaired) electrons. The molecule has 3 N–H and O–H groups in total. The fraction of sp³-hybridized carbons (Fsp3) is 0.364. The Balaban J connectivity index is 2.15. The van der Waals surface area contributed by atoms with Crippen molar-refractivity contribution in [2.45, 2.75) is 0 Å². The number of rotatable bonds is 2. The van der Waals surface area contributed by atoms with Crippen LogP contribution in [0.25, 0.3) is 0 Å². The molecule has 1 aliphatic heterocycles. The van der Waals surface area contributed by atoms with Gasteiger partial charge in [-0.05, 0) is 30.4 Å². The molecule has 6 heteroatoms. The summed E-state index contributed by atoms with van der Waals surface area (Å²) in [6, 6.07) is 4.87. The van der Waals surface area contributed by atoms with Gasteiger partial charge in [0.05, 0.1) is 18.9 Å². The Hall–Kier alpha value is -1.40. The van der Waals surface area contributed by atoms with Crippen molar-refractivity contribution >= 4 is 28.7 Å². The molecule has 0 atom stereocenters. The number of benzene rings is 1. The molecule has 17 heavy (non-hydrogen) atoms. The summed E-state index contributed by atoms with van der Waals surface area (Å²) in [5.41, 5.74) is 6.47. The van der Waals surface area contributed by atoms with Gasteiger partial charge in [-0.1, -0.05) is 0 Å². The number of hydrogen-bond acceptors (Lipinski definition) is 3. The normalized spacial score (nSPS) is 15.7. The van der Waals surface area contributed by atoms with Crippen molar-refractivity contribution in [2.75, 3.05) is 36.5 Å². The van der Waals surface area contributed by atoms with Crippen LogP contribution < -0.4 is 16.0 Å². The molecule has 1 aromatic carbocycles. The maximum atomic E-state index is 13.9. The highest BCUT2D eigenvalue weighted by Gasteiger charge is 2.15. The van der Waals surface area contributed by atoms with Crippen LogP contribution in [0.15, 0.2) is 18.2 Å². The average Bonchev–Trinajstić information content (AvgIpc) is 2.29. The first-order valence-electron chi connectivity index (χ1n) is 5.35. The quantitative estimate of drug-likeness (QED) is 0.781. The van der Waals surface area contributed by atoms with Gasteiger partial charge in [0.1, 0.15) is 5.82 Å². The number of hydrogen-bond donors (Lipinski definition) is 2. The summed E-state index contributed by atoms with van der Waals surface area (Å²) in [6.07, 6.45) is 0. The van der Waals surface area contributed by atoms with Crippen molar-refractivity contribution in [3.63, 3.8) is 0 Å².